The SMILES string of the molecule is COc1ccccc1CN1CCC(NC(=O)c2ccc(-c3ccccc3)cc2)CC1. The summed E-state index contributed by atoms with van der Waals surface area (Å²) in [5, 5.41) is 3.21. The smallest absolute Gasteiger partial charge is 0.251 e. The molecule has 1 aliphatic rings. The summed E-state index contributed by atoms with van der Waals surface area (Å²) in [6, 6.07) is 26.5. The average Bonchev–Trinajstić information content (AvgIpc) is 2.81. The molecule has 3 aromatic carbocycles. The molecule has 4 nitrogen and oxygen atoms in total. The topological polar surface area (TPSA) is 41.6 Å². The summed E-state index contributed by atoms with van der Waals surface area (Å²) in [5.41, 5.74) is 4.20. The van der Waals surface area contributed by atoms with E-state index in [9.17, 15) is 4.79 Å². The molecular weight excluding hydrogens is 372 g/mol. The third-order valence-electron chi connectivity index (χ3n) is 5.76. The third kappa shape index (κ3) is 4.89. The zero-order valence-corrected chi connectivity index (χ0v) is 17.4. The molecule has 0 bridgehead atoms. The molecule has 0 radical (unpaired) electrons. The van der Waals surface area contributed by atoms with Crippen molar-refractivity contribution in [3.63, 3.8) is 0 Å². The Morgan fingerprint density at radius 3 is 2.23 bits per heavy atom. The van der Waals surface area contributed by atoms with Gasteiger partial charge < -0.3 is 10.1 Å². The van der Waals surface area contributed by atoms with Crippen molar-refractivity contribution >= 4 is 5.91 Å². The number of hydrogen-bond acceptors (Lipinski definition) is 3. The van der Waals surface area contributed by atoms with Crippen LogP contribution in [0.2, 0.25) is 0 Å². The summed E-state index contributed by atoms with van der Waals surface area (Å²) in [7, 11) is 1.72. The lowest BCUT2D eigenvalue weighted by Gasteiger charge is -2.32. The minimum absolute atomic E-state index is 0.0118. The van der Waals surface area contributed by atoms with Crippen LogP contribution in [0.4, 0.5) is 0 Å². The Morgan fingerprint density at radius 2 is 1.53 bits per heavy atom. The number of carbonyl (C=O) groups is 1. The van der Waals surface area contributed by atoms with Gasteiger partial charge in [0.05, 0.1) is 7.11 Å². The van der Waals surface area contributed by atoms with Crippen LogP contribution < -0.4 is 10.1 Å². The highest BCUT2D eigenvalue weighted by Crippen LogP contribution is 2.22. The zero-order chi connectivity index (χ0) is 20.8. The molecule has 0 unspecified atom stereocenters. The molecule has 4 heteroatoms. The van der Waals surface area contributed by atoms with Gasteiger partial charge in [0.1, 0.15) is 5.75 Å². The van der Waals surface area contributed by atoms with Gasteiger partial charge in [-0.15, -0.1) is 0 Å². The molecule has 4 rings (SSSR count). The number of ether oxygens (including phenoxy) is 1. The van der Waals surface area contributed by atoms with Crippen LogP contribution in [-0.4, -0.2) is 37.0 Å². The number of rotatable bonds is 6. The fourth-order valence-electron chi connectivity index (χ4n) is 4.02. The summed E-state index contributed by atoms with van der Waals surface area (Å²) < 4.78 is 5.46. The molecule has 0 aromatic heterocycles. The number of likely N-dealkylation sites (tertiary alicyclic amines) is 1. The van der Waals surface area contributed by atoms with Crippen molar-refractivity contribution in [1.29, 1.82) is 0 Å². The Kier molecular flexibility index (Phi) is 6.45. The first-order valence-corrected chi connectivity index (χ1v) is 10.5. The van der Waals surface area contributed by atoms with Crippen molar-refractivity contribution in [1.82, 2.24) is 10.2 Å². The first-order chi connectivity index (χ1) is 14.7. The molecule has 3 aromatic rings. The van der Waals surface area contributed by atoms with Crippen molar-refractivity contribution in [2.45, 2.75) is 25.4 Å². The second-order valence-corrected chi connectivity index (χ2v) is 7.78. The van der Waals surface area contributed by atoms with E-state index in [4.69, 9.17) is 4.74 Å². The van der Waals surface area contributed by atoms with Gasteiger partial charge in [-0.1, -0.05) is 60.7 Å². The maximum absolute atomic E-state index is 12.7. The van der Waals surface area contributed by atoms with Crippen molar-refractivity contribution < 1.29 is 9.53 Å². The third-order valence-corrected chi connectivity index (χ3v) is 5.76. The van der Waals surface area contributed by atoms with Gasteiger partial charge >= 0.3 is 0 Å². The van der Waals surface area contributed by atoms with Gasteiger partial charge in [-0.2, -0.15) is 0 Å². The highest BCUT2D eigenvalue weighted by molar-refractivity contribution is 5.94. The normalized spacial score (nSPS) is 15.0. The zero-order valence-electron chi connectivity index (χ0n) is 17.4. The maximum Gasteiger partial charge on any atom is 0.251 e. The van der Waals surface area contributed by atoms with Crippen molar-refractivity contribution in [2.24, 2.45) is 0 Å². The summed E-state index contributed by atoms with van der Waals surface area (Å²) in [4.78, 5) is 15.1. The van der Waals surface area contributed by atoms with Crippen molar-refractivity contribution in [2.75, 3.05) is 20.2 Å². The van der Waals surface area contributed by atoms with Gasteiger partial charge in [0.2, 0.25) is 0 Å². The van der Waals surface area contributed by atoms with E-state index in [1.165, 1.54) is 5.56 Å². The van der Waals surface area contributed by atoms with E-state index in [-0.39, 0.29) is 11.9 Å². The van der Waals surface area contributed by atoms with E-state index in [1.54, 1.807) is 7.11 Å². The van der Waals surface area contributed by atoms with Gasteiger partial charge in [0, 0.05) is 36.8 Å². The standard InChI is InChI=1S/C26H28N2O2/c1-30-25-10-6-5-9-23(25)19-28-17-15-24(16-18-28)27-26(29)22-13-11-21(12-14-22)20-7-3-2-4-8-20/h2-14,24H,15-19H2,1H3,(H,27,29). The maximum atomic E-state index is 12.7. The van der Waals surface area contributed by atoms with Crippen molar-refractivity contribution in [3.05, 3.63) is 90.0 Å². The van der Waals surface area contributed by atoms with Gasteiger partial charge in [0.15, 0.2) is 0 Å². The second kappa shape index (κ2) is 9.59. The lowest BCUT2D eigenvalue weighted by Crippen LogP contribution is -2.44. The van der Waals surface area contributed by atoms with Crippen LogP contribution in [0.15, 0.2) is 78.9 Å². The summed E-state index contributed by atoms with van der Waals surface area (Å²) in [6.45, 7) is 2.82. The molecule has 1 fully saturated rings. The Hall–Kier alpha value is -3.11. The molecule has 0 atom stereocenters. The minimum atomic E-state index is 0.0118. The number of methoxy groups -OCH3 is 1. The predicted molar refractivity (Wildman–Crippen MR) is 121 cm³/mol. The largest absolute Gasteiger partial charge is 0.496 e. The van der Waals surface area contributed by atoms with Crippen molar-refractivity contribution in [3.8, 4) is 16.9 Å². The minimum Gasteiger partial charge on any atom is -0.496 e. The van der Waals surface area contributed by atoms with Gasteiger partial charge in [0.25, 0.3) is 5.91 Å². The molecule has 154 valence electrons. The summed E-state index contributed by atoms with van der Waals surface area (Å²) in [5.74, 6) is 0.949. The van der Waals surface area contributed by atoms with Crippen LogP contribution in [0.25, 0.3) is 11.1 Å². The molecule has 1 aliphatic heterocycles. The van der Waals surface area contributed by atoms with Crippen LogP contribution in [0, 0.1) is 0 Å². The second-order valence-electron chi connectivity index (χ2n) is 7.78. The lowest BCUT2D eigenvalue weighted by molar-refractivity contribution is 0.0909. The summed E-state index contributed by atoms with van der Waals surface area (Å²) in [6.07, 6.45) is 1.92. The molecule has 1 amide bonds. The van der Waals surface area contributed by atoms with E-state index in [2.05, 4.69) is 28.4 Å². The highest BCUT2D eigenvalue weighted by Gasteiger charge is 2.22. The predicted octanol–water partition coefficient (Wildman–Crippen LogP) is 4.76. The number of carbonyl (C=O) groups excluding carboxylic acids is 1. The molecule has 1 N–H and O–H groups in total. The van der Waals surface area contributed by atoms with Gasteiger partial charge in [-0.05, 0) is 42.2 Å². The molecule has 0 saturated carbocycles. The monoisotopic (exact) mass is 400 g/mol. The number of nitrogens with zero attached hydrogens (tertiary/aromatic N) is 1. The number of hydrogen-bond donors (Lipinski definition) is 1. The number of amides is 1. The Balaban J connectivity index is 1.29. The number of piperidine rings is 1. The number of benzene rings is 3. The number of nitrogens with one attached hydrogen (secondary N) is 1. The molecule has 0 spiro atoms. The average molecular weight is 401 g/mol. The van der Waals surface area contributed by atoms with E-state index < -0.39 is 0 Å². The van der Waals surface area contributed by atoms with Crippen LogP contribution in [0.3, 0.4) is 0 Å². The molecule has 1 heterocycles. The van der Waals surface area contributed by atoms with Gasteiger partial charge in [-0.3, -0.25) is 9.69 Å². The highest BCUT2D eigenvalue weighted by atomic mass is 16.5. The first-order valence-electron chi connectivity index (χ1n) is 10.5. The molecule has 30 heavy (non-hydrogen) atoms. The summed E-state index contributed by atoms with van der Waals surface area (Å²) >= 11 is 0. The van der Waals surface area contributed by atoms with E-state index >= 15 is 0 Å². The van der Waals surface area contributed by atoms with E-state index in [0.29, 0.717) is 5.56 Å². The van der Waals surface area contributed by atoms with Gasteiger partial charge in [-0.25, -0.2) is 0 Å². The van der Waals surface area contributed by atoms with Crippen LogP contribution >= 0.6 is 0 Å². The molecular formula is C26H28N2O2. The quantitative estimate of drug-likeness (QED) is 0.649. The fourth-order valence-corrected chi connectivity index (χ4v) is 4.02. The Labute approximate surface area is 178 Å². The first kappa shape index (κ1) is 20.2. The molecule has 0 aliphatic carbocycles. The number of para-hydroxylation sites is 1. The van der Waals surface area contributed by atoms with Crippen LogP contribution in [0.1, 0.15) is 28.8 Å². The van der Waals surface area contributed by atoms with Crippen LogP contribution in [-0.2, 0) is 6.54 Å². The Morgan fingerprint density at radius 1 is 0.900 bits per heavy atom. The van der Waals surface area contributed by atoms with E-state index in [1.807, 2.05) is 60.7 Å². The molecule has 1 saturated heterocycles. The Bertz CT molecular complexity index is 962. The lowest BCUT2D eigenvalue weighted by atomic mass is 10.0. The van der Waals surface area contributed by atoms with E-state index in [0.717, 1.165) is 49.4 Å². The fraction of sp³-hybridized carbons (Fsp3) is 0.269. The van der Waals surface area contributed by atoms with Crippen LogP contribution in [0.5, 0.6) is 5.75 Å².